The molecule has 138 valence electrons. The number of para-hydroxylation sites is 1. The molecular formula is C21H17FO5. The minimum absolute atomic E-state index is 0.0274. The predicted molar refractivity (Wildman–Crippen MR) is 95.1 cm³/mol. The number of carbonyl (C=O) groups excluding carboxylic acids is 2. The molecule has 0 saturated carbocycles. The zero-order valence-corrected chi connectivity index (χ0v) is 14.6. The summed E-state index contributed by atoms with van der Waals surface area (Å²) in [6.07, 6.45) is -1.03. The predicted octanol–water partition coefficient (Wildman–Crippen LogP) is 4.43. The quantitative estimate of drug-likeness (QED) is 0.456. The van der Waals surface area contributed by atoms with Crippen LogP contribution in [0.5, 0.6) is 5.75 Å². The Labute approximate surface area is 155 Å². The third-order valence-electron chi connectivity index (χ3n) is 3.77. The van der Waals surface area contributed by atoms with Crippen LogP contribution in [-0.4, -0.2) is 17.9 Å². The summed E-state index contributed by atoms with van der Waals surface area (Å²) in [4.78, 5) is 24.4. The fourth-order valence-electron chi connectivity index (χ4n) is 2.36. The number of halogens is 1. The summed E-state index contributed by atoms with van der Waals surface area (Å²) in [5.41, 5.74) is 0.257. The second-order valence-electron chi connectivity index (χ2n) is 5.79. The maximum absolute atomic E-state index is 12.9. The first-order valence-corrected chi connectivity index (χ1v) is 8.30. The van der Waals surface area contributed by atoms with Gasteiger partial charge >= 0.3 is 5.97 Å². The fourth-order valence-corrected chi connectivity index (χ4v) is 2.36. The number of hydrogen-bond donors (Lipinski definition) is 0. The van der Waals surface area contributed by atoms with Crippen molar-refractivity contribution in [3.8, 4) is 5.75 Å². The Morgan fingerprint density at radius 2 is 1.70 bits per heavy atom. The highest BCUT2D eigenvalue weighted by atomic mass is 19.1. The first kappa shape index (κ1) is 18.4. The molecule has 2 aromatic carbocycles. The van der Waals surface area contributed by atoms with E-state index in [0.29, 0.717) is 11.5 Å². The Morgan fingerprint density at radius 3 is 2.41 bits per heavy atom. The standard InChI is InChI=1S/C21H17FO5/c1-14(20(23)15-7-9-16(22)10-8-15)26-21(24)19-12-11-18(27-19)13-25-17-5-3-2-4-6-17/h2-12,14H,13H2,1H3/t14-/m0/s1. The molecule has 0 spiro atoms. The minimum atomic E-state index is -1.03. The maximum atomic E-state index is 12.9. The Kier molecular flexibility index (Phi) is 5.66. The maximum Gasteiger partial charge on any atom is 0.374 e. The van der Waals surface area contributed by atoms with Gasteiger partial charge in [-0.3, -0.25) is 4.79 Å². The normalized spacial score (nSPS) is 11.6. The van der Waals surface area contributed by atoms with Crippen molar-refractivity contribution < 1.29 is 27.9 Å². The number of ketones is 1. The van der Waals surface area contributed by atoms with Gasteiger partial charge in [-0.05, 0) is 55.5 Å². The van der Waals surface area contributed by atoms with Crippen molar-refractivity contribution in [1.82, 2.24) is 0 Å². The van der Waals surface area contributed by atoms with E-state index in [2.05, 4.69) is 0 Å². The largest absolute Gasteiger partial charge is 0.486 e. The third-order valence-corrected chi connectivity index (χ3v) is 3.77. The van der Waals surface area contributed by atoms with Gasteiger partial charge in [0.1, 0.15) is 23.9 Å². The summed E-state index contributed by atoms with van der Waals surface area (Å²) in [6.45, 7) is 1.60. The van der Waals surface area contributed by atoms with E-state index in [0.717, 1.165) is 0 Å². The monoisotopic (exact) mass is 368 g/mol. The van der Waals surface area contributed by atoms with Gasteiger partial charge < -0.3 is 13.9 Å². The van der Waals surface area contributed by atoms with Crippen LogP contribution in [0.1, 0.15) is 33.6 Å². The molecule has 0 radical (unpaired) electrons. The molecule has 1 heterocycles. The van der Waals surface area contributed by atoms with Crippen LogP contribution in [0, 0.1) is 5.82 Å². The van der Waals surface area contributed by atoms with E-state index in [9.17, 15) is 14.0 Å². The first-order valence-electron chi connectivity index (χ1n) is 8.30. The van der Waals surface area contributed by atoms with Crippen molar-refractivity contribution in [2.24, 2.45) is 0 Å². The van der Waals surface area contributed by atoms with Crippen LogP contribution in [0.2, 0.25) is 0 Å². The molecule has 0 amide bonds. The number of hydrogen-bond acceptors (Lipinski definition) is 5. The van der Waals surface area contributed by atoms with Gasteiger partial charge in [0, 0.05) is 5.56 Å². The molecule has 3 aromatic rings. The SMILES string of the molecule is C[C@H](OC(=O)c1ccc(COc2ccccc2)o1)C(=O)c1ccc(F)cc1. The van der Waals surface area contributed by atoms with E-state index < -0.39 is 23.7 Å². The smallest absolute Gasteiger partial charge is 0.374 e. The highest BCUT2D eigenvalue weighted by Crippen LogP contribution is 2.16. The van der Waals surface area contributed by atoms with Crippen molar-refractivity contribution in [2.45, 2.75) is 19.6 Å². The van der Waals surface area contributed by atoms with Gasteiger partial charge in [-0.25, -0.2) is 9.18 Å². The molecule has 0 bridgehead atoms. The highest BCUT2D eigenvalue weighted by molar-refractivity contribution is 6.01. The average molecular weight is 368 g/mol. The Morgan fingerprint density at radius 1 is 1.00 bits per heavy atom. The minimum Gasteiger partial charge on any atom is -0.486 e. The summed E-state index contributed by atoms with van der Waals surface area (Å²) >= 11 is 0. The lowest BCUT2D eigenvalue weighted by Gasteiger charge is -2.11. The van der Waals surface area contributed by atoms with E-state index in [-0.39, 0.29) is 17.9 Å². The Bertz CT molecular complexity index is 915. The number of Topliss-reactive ketones (excluding diaryl/α,β-unsaturated/α-hetero) is 1. The number of furan rings is 1. The van der Waals surface area contributed by atoms with Crippen molar-refractivity contribution in [1.29, 1.82) is 0 Å². The lowest BCUT2D eigenvalue weighted by Crippen LogP contribution is -2.24. The van der Waals surface area contributed by atoms with Crippen molar-refractivity contribution >= 4 is 11.8 Å². The van der Waals surface area contributed by atoms with Crippen molar-refractivity contribution in [3.63, 3.8) is 0 Å². The number of esters is 1. The van der Waals surface area contributed by atoms with Gasteiger partial charge in [-0.15, -0.1) is 0 Å². The number of rotatable bonds is 7. The highest BCUT2D eigenvalue weighted by Gasteiger charge is 2.22. The number of carbonyl (C=O) groups is 2. The molecule has 0 aliphatic heterocycles. The molecule has 0 aliphatic rings. The summed E-state index contributed by atoms with van der Waals surface area (Å²) in [5, 5.41) is 0. The zero-order valence-electron chi connectivity index (χ0n) is 14.6. The molecule has 0 aliphatic carbocycles. The van der Waals surface area contributed by atoms with E-state index in [1.54, 1.807) is 18.2 Å². The average Bonchev–Trinajstić information content (AvgIpc) is 3.16. The van der Waals surface area contributed by atoms with Crippen molar-refractivity contribution in [2.75, 3.05) is 0 Å². The van der Waals surface area contributed by atoms with Crippen LogP contribution < -0.4 is 4.74 Å². The van der Waals surface area contributed by atoms with Crippen LogP contribution >= 0.6 is 0 Å². The van der Waals surface area contributed by atoms with E-state index in [4.69, 9.17) is 13.9 Å². The molecule has 0 unspecified atom stereocenters. The number of benzene rings is 2. The summed E-state index contributed by atoms with van der Waals surface area (Å²) < 4.78 is 29.0. The van der Waals surface area contributed by atoms with Gasteiger partial charge in [-0.1, -0.05) is 18.2 Å². The molecule has 5 nitrogen and oxygen atoms in total. The summed E-state index contributed by atoms with van der Waals surface area (Å²) in [6, 6.07) is 17.3. The lowest BCUT2D eigenvalue weighted by atomic mass is 10.1. The van der Waals surface area contributed by atoms with Crippen LogP contribution in [0.4, 0.5) is 4.39 Å². The number of ether oxygens (including phenoxy) is 2. The molecule has 0 N–H and O–H groups in total. The third kappa shape index (κ3) is 4.82. The summed E-state index contributed by atoms with van der Waals surface area (Å²) in [7, 11) is 0. The second kappa shape index (κ2) is 8.31. The Hall–Kier alpha value is -3.41. The molecule has 0 saturated heterocycles. The fraction of sp³-hybridized carbons (Fsp3) is 0.143. The van der Waals surface area contributed by atoms with Gasteiger partial charge in [0.2, 0.25) is 11.5 Å². The van der Waals surface area contributed by atoms with Gasteiger partial charge in [0.15, 0.2) is 6.10 Å². The molecule has 1 atom stereocenters. The molecular weight excluding hydrogens is 351 g/mol. The van der Waals surface area contributed by atoms with E-state index >= 15 is 0 Å². The van der Waals surface area contributed by atoms with Crippen molar-refractivity contribution in [3.05, 3.63) is 89.6 Å². The van der Waals surface area contributed by atoms with Gasteiger partial charge in [0.25, 0.3) is 0 Å². The molecule has 3 rings (SSSR count). The lowest BCUT2D eigenvalue weighted by molar-refractivity contribution is 0.0286. The molecule has 0 fully saturated rings. The van der Waals surface area contributed by atoms with Gasteiger partial charge in [-0.2, -0.15) is 0 Å². The molecule has 27 heavy (non-hydrogen) atoms. The Balaban J connectivity index is 1.57. The van der Waals surface area contributed by atoms with Crippen LogP contribution in [0.25, 0.3) is 0 Å². The second-order valence-corrected chi connectivity index (χ2v) is 5.79. The molecule has 1 aromatic heterocycles. The van der Waals surface area contributed by atoms with E-state index in [1.807, 2.05) is 18.2 Å². The first-order chi connectivity index (χ1) is 13.0. The van der Waals surface area contributed by atoms with Gasteiger partial charge in [0.05, 0.1) is 0 Å². The van der Waals surface area contributed by atoms with Crippen LogP contribution in [0.15, 0.2) is 71.1 Å². The van der Waals surface area contributed by atoms with E-state index in [1.165, 1.54) is 37.3 Å². The topological polar surface area (TPSA) is 65.7 Å². The van der Waals surface area contributed by atoms with Crippen LogP contribution in [-0.2, 0) is 11.3 Å². The van der Waals surface area contributed by atoms with Crippen LogP contribution in [0.3, 0.4) is 0 Å². The zero-order chi connectivity index (χ0) is 19.2. The summed E-state index contributed by atoms with van der Waals surface area (Å²) in [5.74, 6) is -0.538. The molecule has 6 heteroatoms.